The van der Waals surface area contributed by atoms with Gasteiger partial charge in [-0.25, -0.2) is 0 Å². The molecule has 3 atom stereocenters. The van der Waals surface area contributed by atoms with E-state index < -0.39 is 10.1 Å². The second-order valence-corrected chi connectivity index (χ2v) is 8.86. The Balaban J connectivity index is 1.66. The highest BCUT2D eigenvalue weighted by atomic mass is 32.2. The van der Waals surface area contributed by atoms with Crippen molar-refractivity contribution in [1.82, 2.24) is 0 Å². The van der Waals surface area contributed by atoms with Gasteiger partial charge in [0, 0.05) is 0 Å². The van der Waals surface area contributed by atoms with E-state index in [4.69, 9.17) is 4.18 Å². The molecular formula is C17H24O3S. The summed E-state index contributed by atoms with van der Waals surface area (Å²) < 4.78 is 29.8. The molecule has 0 spiro atoms. The van der Waals surface area contributed by atoms with Gasteiger partial charge in [0.1, 0.15) is 0 Å². The Morgan fingerprint density at radius 1 is 1.19 bits per heavy atom. The average molecular weight is 308 g/mol. The van der Waals surface area contributed by atoms with Crippen molar-refractivity contribution in [2.45, 2.75) is 44.9 Å². The van der Waals surface area contributed by atoms with Crippen LogP contribution in [0.2, 0.25) is 0 Å². The predicted molar refractivity (Wildman–Crippen MR) is 82.4 cm³/mol. The van der Waals surface area contributed by atoms with Gasteiger partial charge in [0.2, 0.25) is 0 Å². The number of hydrogen-bond acceptors (Lipinski definition) is 3. The zero-order valence-electron chi connectivity index (χ0n) is 13.0. The molecule has 4 rings (SSSR count). The van der Waals surface area contributed by atoms with Gasteiger partial charge in [-0.05, 0) is 61.5 Å². The van der Waals surface area contributed by atoms with Crippen LogP contribution in [-0.2, 0) is 14.3 Å². The molecular weight excluding hydrogens is 284 g/mol. The van der Waals surface area contributed by atoms with Crippen LogP contribution < -0.4 is 0 Å². The highest BCUT2D eigenvalue weighted by molar-refractivity contribution is 7.86. The minimum Gasteiger partial charge on any atom is -0.266 e. The second-order valence-electron chi connectivity index (χ2n) is 7.25. The van der Waals surface area contributed by atoms with E-state index in [0.29, 0.717) is 23.9 Å². The third kappa shape index (κ3) is 2.64. The van der Waals surface area contributed by atoms with E-state index in [1.165, 1.54) is 12.8 Å². The maximum atomic E-state index is 12.2. The summed E-state index contributed by atoms with van der Waals surface area (Å²) >= 11 is 0. The lowest BCUT2D eigenvalue weighted by Gasteiger charge is -2.60. The Hall–Kier alpha value is -0.870. The lowest BCUT2D eigenvalue weighted by atomic mass is 9.46. The molecule has 3 aliphatic rings. The van der Waals surface area contributed by atoms with Crippen molar-refractivity contribution < 1.29 is 12.6 Å². The first kappa shape index (κ1) is 15.0. The zero-order valence-corrected chi connectivity index (χ0v) is 13.8. The molecule has 0 aliphatic heterocycles. The smallest absolute Gasteiger partial charge is 0.266 e. The fourth-order valence-corrected chi connectivity index (χ4v) is 5.07. The Morgan fingerprint density at radius 2 is 1.86 bits per heavy atom. The number of aryl methyl sites for hydroxylation is 1. The molecule has 21 heavy (non-hydrogen) atoms. The summed E-state index contributed by atoms with van der Waals surface area (Å²) in [4.78, 5) is 0.259. The van der Waals surface area contributed by atoms with Crippen LogP contribution in [0.5, 0.6) is 0 Å². The van der Waals surface area contributed by atoms with Crippen LogP contribution in [-0.4, -0.2) is 15.0 Å². The molecule has 3 nitrogen and oxygen atoms in total. The van der Waals surface area contributed by atoms with Gasteiger partial charge in [0.05, 0.1) is 11.5 Å². The molecule has 116 valence electrons. The van der Waals surface area contributed by atoms with Crippen molar-refractivity contribution >= 4 is 10.1 Å². The highest BCUT2D eigenvalue weighted by Gasteiger charge is 2.54. The maximum Gasteiger partial charge on any atom is 0.296 e. The van der Waals surface area contributed by atoms with Gasteiger partial charge in [-0.3, -0.25) is 4.18 Å². The van der Waals surface area contributed by atoms with Gasteiger partial charge < -0.3 is 0 Å². The van der Waals surface area contributed by atoms with E-state index in [1.807, 2.05) is 6.92 Å². The van der Waals surface area contributed by atoms with Crippen molar-refractivity contribution in [2.24, 2.45) is 23.2 Å². The van der Waals surface area contributed by atoms with E-state index in [1.54, 1.807) is 24.3 Å². The van der Waals surface area contributed by atoms with E-state index in [9.17, 15) is 8.42 Å². The molecule has 3 saturated carbocycles. The van der Waals surface area contributed by atoms with Crippen LogP contribution >= 0.6 is 0 Å². The van der Waals surface area contributed by atoms with Crippen LogP contribution in [0.15, 0.2) is 29.2 Å². The third-order valence-electron chi connectivity index (χ3n) is 5.75. The molecule has 0 N–H and O–H groups in total. The standard InChI is InChI=1S/C17H24O3S/c1-12-4-8-15(9-5-12)21(18,19)20-11-13-6-7-14-10-16(13)17(14,2)3/h4-5,8-9,13-14,16H,6-7,10-11H2,1-3H3. The summed E-state index contributed by atoms with van der Waals surface area (Å²) in [7, 11) is -3.62. The van der Waals surface area contributed by atoms with Gasteiger partial charge >= 0.3 is 0 Å². The van der Waals surface area contributed by atoms with Gasteiger partial charge in [-0.15, -0.1) is 0 Å². The lowest BCUT2D eigenvalue weighted by Crippen LogP contribution is -2.53. The average Bonchev–Trinajstić information content (AvgIpc) is 2.45. The normalized spacial score (nSPS) is 30.7. The molecule has 4 heteroatoms. The van der Waals surface area contributed by atoms with Crippen molar-refractivity contribution in [2.75, 3.05) is 6.61 Å². The Bertz CT molecular complexity index is 614. The van der Waals surface area contributed by atoms with Gasteiger partial charge in [-0.2, -0.15) is 8.42 Å². The molecule has 3 aliphatic carbocycles. The monoisotopic (exact) mass is 308 g/mol. The second kappa shape index (κ2) is 5.10. The van der Waals surface area contributed by atoms with E-state index in [0.717, 1.165) is 17.9 Å². The Morgan fingerprint density at radius 3 is 2.43 bits per heavy atom. The molecule has 2 bridgehead atoms. The zero-order chi connectivity index (χ0) is 15.3. The largest absolute Gasteiger partial charge is 0.296 e. The first-order valence-electron chi connectivity index (χ1n) is 7.77. The number of benzene rings is 1. The van der Waals surface area contributed by atoms with E-state index >= 15 is 0 Å². The number of rotatable bonds is 4. The fourth-order valence-electron chi connectivity index (χ4n) is 4.11. The van der Waals surface area contributed by atoms with Crippen LogP contribution in [0.3, 0.4) is 0 Å². The molecule has 0 saturated heterocycles. The predicted octanol–water partition coefficient (Wildman–Crippen LogP) is 3.77. The first-order chi connectivity index (χ1) is 9.80. The SMILES string of the molecule is Cc1ccc(S(=O)(=O)OCC2CCC3CC2C3(C)C)cc1. The summed E-state index contributed by atoms with van der Waals surface area (Å²) in [5, 5.41) is 0. The molecule has 1 aromatic carbocycles. The van der Waals surface area contributed by atoms with Crippen molar-refractivity contribution in [3.63, 3.8) is 0 Å². The molecule has 0 amide bonds. The molecule has 0 radical (unpaired) electrons. The van der Waals surface area contributed by atoms with Crippen LogP contribution in [0.25, 0.3) is 0 Å². The van der Waals surface area contributed by atoms with Crippen LogP contribution in [0, 0.1) is 30.1 Å². The first-order valence-corrected chi connectivity index (χ1v) is 9.17. The molecule has 3 fully saturated rings. The van der Waals surface area contributed by atoms with Crippen LogP contribution in [0.1, 0.15) is 38.7 Å². The Labute approximate surface area is 127 Å². The minimum atomic E-state index is -3.62. The lowest BCUT2D eigenvalue weighted by molar-refractivity contribution is -0.113. The van der Waals surface area contributed by atoms with E-state index in [-0.39, 0.29) is 4.90 Å². The molecule has 1 aromatic rings. The summed E-state index contributed by atoms with van der Waals surface area (Å²) in [5.41, 5.74) is 1.41. The summed E-state index contributed by atoms with van der Waals surface area (Å²) in [6, 6.07) is 6.84. The topological polar surface area (TPSA) is 43.4 Å². The van der Waals surface area contributed by atoms with Crippen molar-refractivity contribution in [3.8, 4) is 0 Å². The summed E-state index contributed by atoms with van der Waals surface area (Å²) in [6.07, 6.45) is 3.55. The summed E-state index contributed by atoms with van der Waals surface area (Å²) in [6.45, 7) is 6.89. The van der Waals surface area contributed by atoms with Gasteiger partial charge in [-0.1, -0.05) is 31.5 Å². The maximum absolute atomic E-state index is 12.2. The number of fused-ring (bicyclic) bond motifs is 2. The minimum absolute atomic E-state index is 0.259. The Kier molecular flexibility index (Phi) is 3.65. The molecule has 3 unspecified atom stereocenters. The third-order valence-corrected chi connectivity index (χ3v) is 7.04. The van der Waals surface area contributed by atoms with Crippen LogP contribution in [0.4, 0.5) is 0 Å². The summed E-state index contributed by atoms with van der Waals surface area (Å²) in [5.74, 6) is 1.82. The van der Waals surface area contributed by atoms with Gasteiger partial charge in [0.25, 0.3) is 10.1 Å². The highest BCUT2D eigenvalue weighted by Crippen LogP contribution is 2.61. The fraction of sp³-hybridized carbons (Fsp3) is 0.647. The molecule has 0 heterocycles. The van der Waals surface area contributed by atoms with Gasteiger partial charge in [0.15, 0.2) is 0 Å². The van der Waals surface area contributed by atoms with E-state index in [2.05, 4.69) is 13.8 Å². The van der Waals surface area contributed by atoms with Crippen molar-refractivity contribution in [3.05, 3.63) is 29.8 Å². The quantitative estimate of drug-likeness (QED) is 0.795. The van der Waals surface area contributed by atoms with Crippen molar-refractivity contribution in [1.29, 1.82) is 0 Å². The molecule has 0 aromatic heterocycles. The number of hydrogen-bond donors (Lipinski definition) is 0.